The molecule has 4 aliphatic rings. The highest BCUT2D eigenvalue weighted by Crippen LogP contribution is 2.49. The second kappa shape index (κ2) is 14.9. The lowest BCUT2D eigenvalue weighted by atomic mass is 9.75. The highest BCUT2D eigenvalue weighted by atomic mass is 16.3. The van der Waals surface area contributed by atoms with Gasteiger partial charge in [-0.2, -0.15) is 0 Å². The minimum Gasteiger partial charge on any atom is -0.508 e. The lowest BCUT2D eigenvalue weighted by Gasteiger charge is -2.33. The van der Waals surface area contributed by atoms with Crippen LogP contribution in [0.1, 0.15) is 147 Å². The fraction of sp³-hybridized carbons (Fsp3) is 0.435. The van der Waals surface area contributed by atoms with E-state index in [4.69, 9.17) is 0 Å². The van der Waals surface area contributed by atoms with Crippen molar-refractivity contribution < 1.29 is 20.4 Å². The van der Waals surface area contributed by atoms with Gasteiger partial charge in [0.15, 0.2) is 0 Å². The smallest absolute Gasteiger partial charge is 0.115 e. The van der Waals surface area contributed by atoms with E-state index in [0.29, 0.717) is 47.0 Å². The molecule has 8 heteroatoms. The van der Waals surface area contributed by atoms with E-state index in [9.17, 15) is 20.4 Å². The number of benzene rings is 2. The highest BCUT2D eigenvalue weighted by Gasteiger charge is 2.36. The number of nitrogens with zero attached hydrogens (tertiary/aromatic N) is 4. The number of pyridine rings is 2. The third-order valence-electron chi connectivity index (χ3n) is 13.1. The Morgan fingerprint density at radius 3 is 1.15 bits per heavy atom. The number of imidazole rings is 2. The highest BCUT2D eigenvalue weighted by molar-refractivity contribution is 5.51. The predicted octanol–water partition coefficient (Wildman–Crippen LogP) is 9.85. The Labute approximate surface area is 317 Å². The van der Waals surface area contributed by atoms with Crippen molar-refractivity contribution in [3.63, 3.8) is 0 Å². The van der Waals surface area contributed by atoms with E-state index in [1.807, 2.05) is 49.3 Å². The number of aromatic nitrogens is 4. The van der Waals surface area contributed by atoms with E-state index in [2.05, 4.69) is 43.0 Å². The first-order valence-electron chi connectivity index (χ1n) is 20.2. The lowest BCUT2D eigenvalue weighted by molar-refractivity contribution is 0.0753. The van der Waals surface area contributed by atoms with Gasteiger partial charge in [0, 0.05) is 0 Å². The number of aromatic hydroxyl groups is 2. The quantitative estimate of drug-likeness (QED) is 0.124. The number of phenolic OH excluding ortho intramolecular Hbond substituents is 2. The molecule has 2 atom stereocenters. The minimum absolute atomic E-state index is 0.295. The number of aliphatic hydroxyl groups is 2. The number of rotatable bonds is 8. The van der Waals surface area contributed by atoms with Gasteiger partial charge in [-0.15, -0.1) is 0 Å². The van der Waals surface area contributed by atoms with E-state index in [1.54, 1.807) is 24.3 Å². The molecule has 0 saturated heterocycles. The number of hydrogen-bond donors (Lipinski definition) is 4. The zero-order valence-electron chi connectivity index (χ0n) is 30.9. The average Bonchev–Trinajstić information content (AvgIpc) is 4.14. The molecule has 0 aliphatic heterocycles. The molecule has 4 heterocycles. The van der Waals surface area contributed by atoms with Gasteiger partial charge in [0.1, 0.15) is 11.5 Å². The van der Waals surface area contributed by atoms with Crippen molar-refractivity contribution >= 4 is 11.0 Å². The molecular weight excluding hydrogens is 673 g/mol. The zero-order chi connectivity index (χ0) is 36.8. The van der Waals surface area contributed by atoms with Crippen LogP contribution in [0.25, 0.3) is 11.0 Å². The van der Waals surface area contributed by atoms with Gasteiger partial charge in [-0.1, -0.05) is 36.4 Å². The van der Waals surface area contributed by atoms with E-state index >= 15 is 0 Å². The Morgan fingerprint density at radius 1 is 0.444 bits per heavy atom. The summed E-state index contributed by atoms with van der Waals surface area (Å²) in [7, 11) is 0. The molecule has 0 bridgehead atoms. The van der Waals surface area contributed by atoms with Crippen LogP contribution in [-0.2, 0) is 0 Å². The number of phenols is 2. The van der Waals surface area contributed by atoms with E-state index in [0.717, 1.165) is 73.8 Å². The summed E-state index contributed by atoms with van der Waals surface area (Å²) in [6.45, 7) is 0. The molecule has 4 aliphatic carbocycles. The summed E-state index contributed by atoms with van der Waals surface area (Å²) in [6.07, 6.45) is 20.0. The van der Waals surface area contributed by atoms with Crippen molar-refractivity contribution in [1.82, 2.24) is 18.8 Å². The molecule has 6 aromatic rings. The van der Waals surface area contributed by atoms with Gasteiger partial charge in [0.25, 0.3) is 0 Å². The molecule has 2 aromatic carbocycles. The molecular formula is C46H52N4O4. The van der Waals surface area contributed by atoms with Crippen LogP contribution in [0.3, 0.4) is 0 Å². The Hall–Kier alpha value is -4.66. The van der Waals surface area contributed by atoms with Gasteiger partial charge in [-0.3, -0.25) is 0 Å². The summed E-state index contributed by atoms with van der Waals surface area (Å²) in [4.78, 5) is 8.60. The number of aliphatic hydroxyl groups excluding tert-OH is 2. The van der Waals surface area contributed by atoms with Crippen molar-refractivity contribution in [2.75, 3.05) is 0 Å². The van der Waals surface area contributed by atoms with Crippen LogP contribution < -0.4 is 0 Å². The summed E-state index contributed by atoms with van der Waals surface area (Å²) in [6, 6.07) is 23.9. The topological polar surface area (TPSA) is 116 Å². The van der Waals surface area contributed by atoms with Crippen LogP contribution in [-0.4, -0.2) is 39.2 Å². The summed E-state index contributed by atoms with van der Waals surface area (Å²) >= 11 is 0. The van der Waals surface area contributed by atoms with Gasteiger partial charge < -0.3 is 29.2 Å². The summed E-state index contributed by atoms with van der Waals surface area (Å²) in [5.41, 5.74) is 9.49. The van der Waals surface area contributed by atoms with E-state index < -0.39 is 12.2 Å². The Morgan fingerprint density at radius 2 is 0.796 bits per heavy atom. The third-order valence-corrected chi connectivity index (χ3v) is 13.1. The molecule has 4 aromatic heterocycles. The maximum absolute atomic E-state index is 11.3. The van der Waals surface area contributed by atoms with Gasteiger partial charge in [-0.25, -0.2) is 9.97 Å². The molecule has 0 unspecified atom stereocenters. The molecule has 54 heavy (non-hydrogen) atoms. The summed E-state index contributed by atoms with van der Waals surface area (Å²) < 4.78 is 4.20. The fourth-order valence-corrected chi connectivity index (χ4v) is 9.64. The monoisotopic (exact) mass is 724 g/mol. The van der Waals surface area contributed by atoms with Crippen molar-refractivity contribution in [1.29, 1.82) is 0 Å². The van der Waals surface area contributed by atoms with Crippen LogP contribution in [0.4, 0.5) is 0 Å². The fourth-order valence-electron chi connectivity index (χ4n) is 9.64. The lowest BCUT2D eigenvalue weighted by Crippen LogP contribution is -2.22. The molecule has 4 saturated carbocycles. The van der Waals surface area contributed by atoms with Crippen LogP contribution >= 0.6 is 0 Å². The van der Waals surface area contributed by atoms with Crippen molar-refractivity contribution in [3.8, 4) is 11.5 Å². The van der Waals surface area contributed by atoms with Gasteiger partial charge in [0.05, 0.1) is 59.7 Å². The summed E-state index contributed by atoms with van der Waals surface area (Å²) in [5, 5.41) is 41.7. The summed E-state index contributed by atoms with van der Waals surface area (Å²) in [5.74, 6) is 3.51. The predicted molar refractivity (Wildman–Crippen MR) is 210 cm³/mol. The van der Waals surface area contributed by atoms with Crippen molar-refractivity contribution in [3.05, 3.63) is 131 Å². The van der Waals surface area contributed by atoms with E-state index in [1.165, 1.54) is 47.9 Å². The maximum atomic E-state index is 11.3. The molecule has 0 amide bonds. The second-order valence-corrected chi connectivity index (χ2v) is 16.6. The molecule has 8 nitrogen and oxygen atoms in total. The van der Waals surface area contributed by atoms with Crippen molar-refractivity contribution in [2.45, 2.75) is 113 Å². The first kappa shape index (κ1) is 35.1. The van der Waals surface area contributed by atoms with E-state index in [-0.39, 0.29) is 0 Å². The average molecular weight is 725 g/mol. The third kappa shape index (κ3) is 7.14. The van der Waals surface area contributed by atoms with Crippen LogP contribution in [0.2, 0.25) is 0 Å². The van der Waals surface area contributed by atoms with Gasteiger partial charge in [0.2, 0.25) is 0 Å². The number of hydrogen-bond acceptors (Lipinski definition) is 6. The van der Waals surface area contributed by atoms with Gasteiger partial charge in [-0.05, 0) is 171 Å². The SMILES string of the molecule is Oc1ccc(C2CCC([C@@H](O)c3c(C4CC4)ccc4cncn34)CC2)cc1.Oc1ccc(C2CCC([C@H](O)c3c(C4CC4)ccc4cncn34)CC2)cc1. The number of fused-ring (bicyclic) bond motifs is 2. The minimum atomic E-state index is -0.431. The van der Waals surface area contributed by atoms with Crippen molar-refractivity contribution in [2.24, 2.45) is 11.8 Å². The molecule has 0 radical (unpaired) electrons. The van der Waals surface area contributed by atoms with Crippen LogP contribution in [0.5, 0.6) is 11.5 Å². The largest absolute Gasteiger partial charge is 0.508 e. The molecule has 10 rings (SSSR count). The Kier molecular flexibility index (Phi) is 9.66. The van der Waals surface area contributed by atoms with Crippen LogP contribution in [0.15, 0.2) is 97.8 Å². The molecule has 4 fully saturated rings. The second-order valence-electron chi connectivity index (χ2n) is 16.6. The standard InChI is InChI=1S/2C23H26N2O2/c2*26-20-10-7-16(8-11-20)15-1-5-18(6-2-15)23(27)22-21(17-3-4-17)12-9-19-13-24-14-25(19)22/h2*7-15,17-18,23,26-27H,1-6H2/t2*15?,18?,23-/m10/s1. The maximum Gasteiger partial charge on any atom is 0.115 e. The Bertz CT molecular complexity index is 2030. The molecule has 0 spiro atoms. The molecule has 280 valence electrons. The zero-order valence-corrected chi connectivity index (χ0v) is 30.9. The normalized spacial score (nSPS) is 24.2. The van der Waals surface area contributed by atoms with Crippen LogP contribution in [0, 0.1) is 11.8 Å². The first-order chi connectivity index (χ1) is 26.4. The molecule has 4 N–H and O–H groups in total. The van der Waals surface area contributed by atoms with Gasteiger partial charge >= 0.3 is 0 Å². The first-order valence-corrected chi connectivity index (χ1v) is 20.2. The Balaban J connectivity index is 0.000000142.